The molecule has 1 aromatic rings. The van der Waals surface area contributed by atoms with Crippen molar-refractivity contribution in [3.63, 3.8) is 0 Å². The number of hydrogen-bond acceptors (Lipinski definition) is 8. The van der Waals surface area contributed by atoms with Crippen molar-refractivity contribution in [1.82, 2.24) is 10.1 Å². The molecule has 2 saturated heterocycles. The normalized spacial score (nSPS) is 22.3. The third-order valence-corrected chi connectivity index (χ3v) is 8.25. The number of ether oxygens (including phenoxy) is 2. The molecule has 2 heterocycles. The van der Waals surface area contributed by atoms with Crippen molar-refractivity contribution in [1.29, 1.82) is 0 Å². The molecule has 0 bridgehead atoms. The molecule has 0 aromatic heterocycles. The zero-order valence-electron chi connectivity index (χ0n) is 27.0. The Bertz CT molecular complexity index is 985. The van der Waals surface area contributed by atoms with E-state index in [0.29, 0.717) is 38.9 Å². The van der Waals surface area contributed by atoms with Crippen LogP contribution in [0.15, 0.2) is 49.6 Å². The number of hydrogen-bond donors (Lipinski definition) is 0. The highest BCUT2D eigenvalue weighted by Crippen LogP contribution is 2.41. The fourth-order valence-corrected chi connectivity index (χ4v) is 7.02. The smallest absolute Gasteiger partial charge is 0.330 e. The van der Waals surface area contributed by atoms with E-state index in [4.69, 9.17) is 19.1 Å². The van der Waals surface area contributed by atoms with Crippen molar-refractivity contribution in [2.75, 3.05) is 13.2 Å². The molecule has 8 heteroatoms. The second kappa shape index (κ2) is 13.4. The first-order chi connectivity index (χ1) is 19.5. The van der Waals surface area contributed by atoms with Crippen LogP contribution in [0.5, 0.6) is 0 Å². The van der Waals surface area contributed by atoms with E-state index in [0.717, 1.165) is 12.8 Å². The number of esters is 2. The Kier molecular flexibility index (Phi) is 10.9. The maximum atomic E-state index is 11.8. The summed E-state index contributed by atoms with van der Waals surface area (Å²) < 4.78 is 11.2. The topological polar surface area (TPSA) is 77.5 Å². The summed E-state index contributed by atoms with van der Waals surface area (Å²) in [6.07, 6.45) is 6.49. The highest BCUT2D eigenvalue weighted by Gasteiger charge is 2.49. The van der Waals surface area contributed by atoms with Crippen LogP contribution in [-0.4, -0.2) is 69.6 Å². The molecule has 234 valence electrons. The van der Waals surface area contributed by atoms with Gasteiger partial charge in [0, 0.05) is 60.0 Å². The van der Waals surface area contributed by atoms with Gasteiger partial charge in [0.2, 0.25) is 0 Å². The number of carbonyl (C=O) groups excluding carboxylic acids is 2. The van der Waals surface area contributed by atoms with Gasteiger partial charge in [0.25, 0.3) is 0 Å². The van der Waals surface area contributed by atoms with Gasteiger partial charge in [0.1, 0.15) is 12.2 Å². The third-order valence-electron chi connectivity index (χ3n) is 8.25. The molecule has 0 amide bonds. The minimum atomic E-state index is -0.378. The average Bonchev–Trinajstić information content (AvgIpc) is 2.86. The minimum Gasteiger partial charge on any atom is -0.459 e. The monoisotopic (exact) mass is 584 g/mol. The van der Waals surface area contributed by atoms with Crippen molar-refractivity contribution in [3.8, 4) is 0 Å². The van der Waals surface area contributed by atoms with Gasteiger partial charge in [-0.2, -0.15) is 10.1 Å². The number of hydroxylamine groups is 4. The van der Waals surface area contributed by atoms with Crippen molar-refractivity contribution in [2.24, 2.45) is 0 Å². The maximum absolute atomic E-state index is 11.8. The van der Waals surface area contributed by atoms with Gasteiger partial charge in [-0.3, -0.25) is 9.68 Å². The molecule has 0 N–H and O–H groups in total. The number of nitrogens with zero attached hydrogens (tertiary/aromatic N) is 2. The maximum Gasteiger partial charge on any atom is 0.330 e. The van der Waals surface area contributed by atoms with Crippen LogP contribution in [-0.2, 0) is 41.6 Å². The predicted molar refractivity (Wildman–Crippen MR) is 164 cm³/mol. The van der Waals surface area contributed by atoms with Crippen LogP contribution in [0, 0.1) is 0 Å². The molecule has 1 aromatic carbocycles. The van der Waals surface area contributed by atoms with Crippen LogP contribution < -0.4 is 0 Å². The van der Waals surface area contributed by atoms with E-state index in [1.165, 1.54) is 23.3 Å². The molecule has 0 atom stereocenters. The summed E-state index contributed by atoms with van der Waals surface area (Å²) in [4.78, 5) is 36.2. The Labute approximate surface area is 252 Å². The number of piperidine rings is 2. The van der Waals surface area contributed by atoms with E-state index >= 15 is 0 Å². The van der Waals surface area contributed by atoms with Gasteiger partial charge in [-0.1, -0.05) is 37.4 Å². The van der Waals surface area contributed by atoms with Crippen LogP contribution in [0.1, 0.15) is 92.2 Å². The first kappa shape index (κ1) is 34.0. The van der Waals surface area contributed by atoms with Gasteiger partial charge in [0.05, 0.1) is 13.2 Å². The zero-order chi connectivity index (χ0) is 31.3. The molecule has 3 rings (SSSR count). The van der Waals surface area contributed by atoms with Crippen LogP contribution >= 0.6 is 0 Å². The summed E-state index contributed by atoms with van der Waals surface area (Å²) in [5, 5.41) is 4.17. The summed E-state index contributed by atoms with van der Waals surface area (Å²) in [7, 11) is 0. The van der Waals surface area contributed by atoms with Gasteiger partial charge in [-0.15, -0.1) is 0 Å². The molecule has 42 heavy (non-hydrogen) atoms. The lowest BCUT2D eigenvalue weighted by atomic mass is 9.80. The Morgan fingerprint density at radius 1 is 0.667 bits per heavy atom. The van der Waals surface area contributed by atoms with Crippen molar-refractivity contribution in [3.05, 3.63) is 60.7 Å². The first-order valence-electron chi connectivity index (χ1n) is 15.1. The molecular formula is C34H52N2O6. The highest BCUT2D eigenvalue weighted by atomic mass is 16.7. The Morgan fingerprint density at radius 3 is 1.21 bits per heavy atom. The van der Waals surface area contributed by atoms with Crippen molar-refractivity contribution in [2.45, 2.75) is 128 Å². The molecule has 0 radical (unpaired) electrons. The number of carbonyl (C=O) groups is 2. The Morgan fingerprint density at radius 2 is 0.952 bits per heavy atom. The van der Waals surface area contributed by atoms with Gasteiger partial charge >= 0.3 is 11.9 Å². The molecular weight excluding hydrogens is 532 g/mol. The second-order valence-corrected chi connectivity index (χ2v) is 14.2. The highest BCUT2D eigenvalue weighted by molar-refractivity contribution is 5.81. The molecule has 0 aliphatic carbocycles. The summed E-state index contributed by atoms with van der Waals surface area (Å²) in [6, 6.07) is 8.62. The number of rotatable bonds is 12. The molecule has 8 nitrogen and oxygen atoms in total. The molecule has 0 saturated carbocycles. The lowest BCUT2D eigenvalue weighted by Gasteiger charge is -2.53. The van der Waals surface area contributed by atoms with Gasteiger partial charge in [0.15, 0.2) is 0 Å². The quantitative estimate of drug-likeness (QED) is 0.214. The SMILES string of the molecule is C=CC(=O)OC1CC(C)(C)N(OCCc2ccc(CCON3C(C)(C)CC(OC(=O)C=C)CC3(C)C)cc2)C(C)(C)C1. The lowest BCUT2D eigenvalue weighted by Crippen LogP contribution is -2.62. The fraction of sp³-hybridized carbons (Fsp3) is 0.647. The largest absolute Gasteiger partial charge is 0.459 e. The third kappa shape index (κ3) is 8.75. The standard InChI is InChI=1S/C34H52N2O6/c1-11-29(37)41-27-21-31(3,4)35(32(5,6)22-27)39-19-17-25-13-15-26(16-14-25)18-20-40-36-33(7,8)23-28(24-34(36,9)10)42-30(38)12-2/h11-16,27-28H,1-2,17-24H2,3-10H3. The number of benzene rings is 1. The van der Waals surface area contributed by atoms with Crippen molar-refractivity contribution >= 4 is 11.9 Å². The predicted octanol–water partition coefficient (Wildman–Crippen LogP) is 6.14. The zero-order valence-corrected chi connectivity index (χ0v) is 27.0. The van der Waals surface area contributed by atoms with E-state index < -0.39 is 0 Å². The first-order valence-corrected chi connectivity index (χ1v) is 15.1. The van der Waals surface area contributed by atoms with E-state index in [-0.39, 0.29) is 46.3 Å². The molecule has 0 unspecified atom stereocenters. The van der Waals surface area contributed by atoms with Crippen LogP contribution in [0.3, 0.4) is 0 Å². The van der Waals surface area contributed by atoms with Crippen LogP contribution in [0.25, 0.3) is 0 Å². The second-order valence-electron chi connectivity index (χ2n) is 14.2. The summed E-state index contributed by atoms with van der Waals surface area (Å²) in [6.45, 7) is 25.2. The van der Waals surface area contributed by atoms with Gasteiger partial charge in [-0.05, 0) is 79.4 Å². The summed E-state index contributed by atoms with van der Waals surface area (Å²) in [5.74, 6) is -0.755. The minimum absolute atomic E-state index is 0.164. The molecule has 0 spiro atoms. The summed E-state index contributed by atoms with van der Waals surface area (Å²) in [5.41, 5.74) is 1.28. The van der Waals surface area contributed by atoms with E-state index in [1.54, 1.807) is 0 Å². The van der Waals surface area contributed by atoms with Gasteiger partial charge in [-0.25, -0.2) is 9.59 Å². The lowest BCUT2D eigenvalue weighted by molar-refractivity contribution is -0.292. The fourth-order valence-electron chi connectivity index (χ4n) is 7.02. The van der Waals surface area contributed by atoms with E-state index in [2.05, 4.69) is 103 Å². The van der Waals surface area contributed by atoms with Crippen molar-refractivity contribution < 1.29 is 28.7 Å². The molecule has 2 aliphatic rings. The van der Waals surface area contributed by atoms with Gasteiger partial charge < -0.3 is 9.47 Å². The van der Waals surface area contributed by atoms with Crippen LogP contribution in [0.2, 0.25) is 0 Å². The Balaban J connectivity index is 1.48. The Hall–Kier alpha value is -2.52. The molecule has 2 fully saturated rings. The molecule has 2 aliphatic heterocycles. The van der Waals surface area contributed by atoms with Crippen LogP contribution in [0.4, 0.5) is 0 Å². The van der Waals surface area contributed by atoms with E-state index in [1.807, 2.05) is 0 Å². The average molecular weight is 585 g/mol. The summed E-state index contributed by atoms with van der Waals surface area (Å²) >= 11 is 0. The van der Waals surface area contributed by atoms with E-state index in [9.17, 15) is 9.59 Å².